The first-order chi connectivity index (χ1) is 10.1. The van der Waals surface area contributed by atoms with Crippen molar-refractivity contribution >= 4 is 5.69 Å². The van der Waals surface area contributed by atoms with Crippen molar-refractivity contribution in [2.45, 2.75) is 59.0 Å². The van der Waals surface area contributed by atoms with Crippen LogP contribution in [0.1, 0.15) is 52.0 Å². The molecule has 0 aromatic heterocycles. The maximum atomic E-state index is 14.3. The molecule has 1 atom stereocenters. The van der Waals surface area contributed by atoms with Crippen molar-refractivity contribution < 1.29 is 4.39 Å². The largest absolute Gasteiger partial charge is 0.368 e. The Bertz CT molecular complexity index is 445. The third kappa shape index (κ3) is 4.44. The number of nitrogens with one attached hydrogen (secondary N) is 1. The molecule has 1 heterocycles. The molecule has 118 valence electrons. The quantitative estimate of drug-likeness (QED) is 0.868. The van der Waals surface area contributed by atoms with E-state index in [1.54, 1.807) is 6.07 Å². The molecule has 0 amide bonds. The Balaban J connectivity index is 2.19. The molecule has 1 aliphatic heterocycles. The highest BCUT2D eigenvalue weighted by atomic mass is 19.1. The molecule has 1 unspecified atom stereocenters. The number of benzene rings is 1. The maximum Gasteiger partial charge on any atom is 0.129 e. The Labute approximate surface area is 128 Å². The standard InChI is InChI=1S/C18H29FN2/c1-14(2)12-20-13-16-17(19)9-7-10-18(16)21-11-6-4-5-8-15(21)3/h7,9-10,14-15,20H,4-6,8,11-13H2,1-3H3. The lowest BCUT2D eigenvalue weighted by molar-refractivity contribution is 0.531. The Morgan fingerprint density at radius 3 is 2.86 bits per heavy atom. The number of hydrogen-bond donors (Lipinski definition) is 1. The highest BCUT2D eigenvalue weighted by molar-refractivity contribution is 5.55. The molecule has 0 spiro atoms. The van der Waals surface area contributed by atoms with Crippen LogP contribution < -0.4 is 10.2 Å². The summed E-state index contributed by atoms with van der Waals surface area (Å²) < 4.78 is 14.3. The molecule has 0 saturated carbocycles. The van der Waals surface area contributed by atoms with Gasteiger partial charge in [-0.05, 0) is 44.4 Å². The van der Waals surface area contributed by atoms with Gasteiger partial charge in [-0.25, -0.2) is 4.39 Å². The molecule has 1 aromatic carbocycles. The van der Waals surface area contributed by atoms with Gasteiger partial charge in [-0.15, -0.1) is 0 Å². The fourth-order valence-corrected chi connectivity index (χ4v) is 3.11. The zero-order valence-electron chi connectivity index (χ0n) is 13.7. The molecule has 0 aliphatic carbocycles. The molecular formula is C18H29FN2. The smallest absolute Gasteiger partial charge is 0.129 e. The van der Waals surface area contributed by atoms with E-state index >= 15 is 0 Å². The van der Waals surface area contributed by atoms with Gasteiger partial charge in [0.25, 0.3) is 0 Å². The highest BCUT2D eigenvalue weighted by Gasteiger charge is 2.21. The van der Waals surface area contributed by atoms with Gasteiger partial charge in [0.2, 0.25) is 0 Å². The van der Waals surface area contributed by atoms with Crippen molar-refractivity contribution in [3.8, 4) is 0 Å². The van der Waals surface area contributed by atoms with Crippen molar-refractivity contribution in [1.82, 2.24) is 5.32 Å². The normalized spacial score (nSPS) is 19.9. The van der Waals surface area contributed by atoms with E-state index in [1.807, 2.05) is 6.07 Å². The summed E-state index contributed by atoms with van der Waals surface area (Å²) in [6.45, 7) is 9.19. The second-order valence-corrected chi connectivity index (χ2v) is 6.65. The molecule has 1 aromatic rings. The summed E-state index contributed by atoms with van der Waals surface area (Å²) in [4.78, 5) is 2.41. The van der Waals surface area contributed by atoms with E-state index in [0.717, 1.165) is 24.3 Å². The van der Waals surface area contributed by atoms with Crippen LogP contribution >= 0.6 is 0 Å². The van der Waals surface area contributed by atoms with Gasteiger partial charge < -0.3 is 10.2 Å². The van der Waals surface area contributed by atoms with Gasteiger partial charge in [0.15, 0.2) is 0 Å². The topological polar surface area (TPSA) is 15.3 Å². The Morgan fingerprint density at radius 1 is 1.29 bits per heavy atom. The van der Waals surface area contributed by atoms with Crippen LogP contribution in [-0.4, -0.2) is 19.1 Å². The van der Waals surface area contributed by atoms with Gasteiger partial charge in [0.1, 0.15) is 5.82 Å². The second-order valence-electron chi connectivity index (χ2n) is 6.65. The zero-order chi connectivity index (χ0) is 15.2. The lowest BCUT2D eigenvalue weighted by atomic mass is 10.1. The SMILES string of the molecule is CC(C)CNCc1c(F)cccc1N1CCCCCC1C. The highest BCUT2D eigenvalue weighted by Crippen LogP contribution is 2.29. The minimum Gasteiger partial charge on any atom is -0.368 e. The molecule has 1 aliphatic rings. The Kier molecular flexibility index (Phi) is 6.04. The molecule has 2 nitrogen and oxygen atoms in total. The molecule has 1 fully saturated rings. The summed E-state index contributed by atoms with van der Waals surface area (Å²) in [5.74, 6) is 0.498. The molecular weight excluding hydrogens is 263 g/mol. The minimum absolute atomic E-state index is 0.0831. The first-order valence-corrected chi connectivity index (χ1v) is 8.34. The summed E-state index contributed by atoms with van der Waals surface area (Å²) in [5, 5.41) is 3.39. The van der Waals surface area contributed by atoms with Gasteiger partial charge in [-0.1, -0.05) is 32.8 Å². The van der Waals surface area contributed by atoms with Gasteiger partial charge in [0, 0.05) is 30.4 Å². The lowest BCUT2D eigenvalue weighted by Crippen LogP contribution is -2.34. The molecule has 2 rings (SSSR count). The number of rotatable bonds is 5. The van der Waals surface area contributed by atoms with Crippen LogP contribution in [0.5, 0.6) is 0 Å². The monoisotopic (exact) mass is 292 g/mol. The maximum absolute atomic E-state index is 14.3. The summed E-state index contributed by atoms with van der Waals surface area (Å²) in [6.07, 6.45) is 4.99. The zero-order valence-corrected chi connectivity index (χ0v) is 13.7. The first kappa shape index (κ1) is 16.3. The van der Waals surface area contributed by atoms with Crippen molar-refractivity contribution in [1.29, 1.82) is 0 Å². The summed E-state index contributed by atoms with van der Waals surface area (Å²) in [7, 11) is 0. The van der Waals surface area contributed by atoms with Crippen LogP contribution in [0.2, 0.25) is 0 Å². The van der Waals surface area contributed by atoms with Gasteiger partial charge >= 0.3 is 0 Å². The van der Waals surface area contributed by atoms with E-state index in [9.17, 15) is 4.39 Å². The van der Waals surface area contributed by atoms with Crippen LogP contribution in [0.4, 0.5) is 10.1 Å². The van der Waals surface area contributed by atoms with E-state index in [4.69, 9.17) is 0 Å². The van der Waals surface area contributed by atoms with Crippen molar-refractivity contribution in [2.24, 2.45) is 5.92 Å². The fraction of sp³-hybridized carbons (Fsp3) is 0.667. The molecule has 3 heteroatoms. The molecule has 0 radical (unpaired) electrons. The fourth-order valence-electron chi connectivity index (χ4n) is 3.11. The van der Waals surface area contributed by atoms with Crippen LogP contribution in [0.3, 0.4) is 0 Å². The van der Waals surface area contributed by atoms with Crippen LogP contribution in [0, 0.1) is 11.7 Å². The molecule has 1 saturated heterocycles. The summed E-state index contributed by atoms with van der Waals surface area (Å²) in [5.41, 5.74) is 1.91. The van der Waals surface area contributed by atoms with Crippen LogP contribution in [0.25, 0.3) is 0 Å². The van der Waals surface area contributed by atoms with E-state index in [0.29, 0.717) is 18.5 Å². The summed E-state index contributed by atoms with van der Waals surface area (Å²) >= 11 is 0. The number of nitrogens with zero attached hydrogens (tertiary/aromatic N) is 1. The van der Waals surface area contributed by atoms with Crippen molar-refractivity contribution in [3.63, 3.8) is 0 Å². The third-order valence-corrected chi connectivity index (χ3v) is 4.31. The van der Waals surface area contributed by atoms with Crippen LogP contribution in [0.15, 0.2) is 18.2 Å². The third-order valence-electron chi connectivity index (χ3n) is 4.31. The van der Waals surface area contributed by atoms with Crippen molar-refractivity contribution in [2.75, 3.05) is 18.0 Å². The number of halogens is 1. The average Bonchev–Trinajstić information content (AvgIpc) is 2.65. The molecule has 0 bridgehead atoms. The lowest BCUT2D eigenvalue weighted by Gasteiger charge is -2.31. The van der Waals surface area contributed by atoms with Gasteiger partial charge in [-0.3, -0.25) is 0 Å². The van der Waals surface area contributed by atoms with E-state index in [2.05, 4.69) is 37.1 Å². The number of hydrogen-bond acceptors (Lipinski definition) is 2. The van der Waals surface area contributed by atoms with Gasteiger partial charge in [0.05, 0.1) is 0 Å². The number of anilines is 1. The molecule has 1 N–H and O–H groups in total. The van der Waals surface area contributed by atoms with E-state index < -0.39 is 0 Å². The average molecular weight is 292 g/mol. The van der Waals surface area contributed by atoms with E-state index in [-0.39, 0.29) is 5.82 Å². The first-order valence-electron chi connectivity index (χ1n) is 8.34. The Hall–Kier alpha value is -1.09. The second kappa shape index (κ2) is 7.79. The Morgan fingerprint density at radius 2 is 2.10 bits per heavy atom. The molecule has 21 heavy (non-hydrogen) atoms. The van der Waals surface area contributed by atoms with Gasteiger partial charge in [-0.2, -0.15) is 0 Å². The predicted molar refractivity (Wildman–Crippen MR) is 88.2 cm³/mol. The van der Waals surface area contributed by atoms with E-state index in [1.165, 1.54) is 25.7 Å². The summed E-state index contributed by atoms with van der Waals surface area (Å²) in [6, 6.07) is 6.00. The van der Waals surface area contributed by atoms with Crippen molar-refractivity contribution in [3.05, 3.63) is 29.6 Å². The minimum atomic E-state index is -0.0831. The van der Waals surface area contributed by atoms with Crippen LogP contribution in [-0.2, 0) is 6.54 Å². The predicted octanol–water partition coefficient (Wildman–Crippen LogP) is 4.34.